The van der Waals surface area contributed by atoms with Gasteiger partial charge in [0.15, 0.2) is 0 Å². The van der Waals surface area contributed by atoms with Crippen LogP contribution in [0.5, 0.6) is 0 Å². The zero-order valence-corrected chi connectivity index (χ0v) is 11.6. The largest absolute Gasteiger partial charge is 0.299 e. The third kappa shape index (κ3) is 3.32. The lowest BCUT2D eigenvalue weighted by molar-refractivity contribution is 0.108. The molecule has 0 aliphatic carbocycles. The van der Waals surface area contributed by atoms with Crippen LogP contribution in [0.1, 0.15) is 39.2 Å². The van der Waals surface area contributed by atoms with Crippen LogP contribution in [0, 0.1) is 11.3 Å². The van der Waals surface area contributed by atoms with Crippen molar-refractivity contribution in [1.82, 2.24) is 14.7 Å². The van der Waals surface area contributed by atoms with Gasteiger partial charge in [-0.25, -0.2) is 0 Å². The third-order valence-corrected chi connectivity index (χ3v) is 3.98. The van der Waals surface area contributed by atoms with Crippen LogP contribution in [0.3, 0.4) is 0 Å². The van der Waals surface area contributed by atoms with Crippen molar-refractivity contribution in [3.05, 3.63) is 18.0 Å². The molecule has 0 atom stereocenters. The molecule has 1 aliphatic heterocycles. The number of hydrogen-bond donors (Lipinski definition) is 0. The Morgan fingerprint density at radius 3 is 2.41 bits per heavy atom. The van der Waals surface area contributed by atoms with Gasteiger partial charge < -0.3 is 0 Å². The van der Waals surface area contributed by atoms with Gasteiger partial charge in [-0.1, -0.05) is 20.8 Å². The SMILES string of the molecule is Cn1cc(CN2CCC(C(C)(C)C)CC2)cn1. The predicted octanol–water partition coefficient (Wildman–Crippen LogP) is 2.68. The van der Waals surface area contributed by atoms with E-state index >= 15 is 0 Å². The molecule has 0 aromatic carbocycles. The summed E-state index contributed by atoms with van der Waals surface area (Å²) in [5.74, 6) is 0.882. The van der Waals surface area contributed by atoms with E-state index in [1.54, 1.807) is 0 Å². The lowest BCUT2D eigenvalue weighted by atomic mass is 9.75. The Hall–Kier alpha value is -0.830. The van der Waals surface area contributed by atoms with E-state index in [1.807, 2.05) is 17.9 Å². The molecule has 1 fully saturated rings. The van der Waals surface area contributed by atoms with Crippen LogP contribution in [0.25, 0.3) is 0 Å². The molecule has 0 bridgehead atoms. The standard InChI is InChI=1S/C14H25N3/c1-14(2,3)13-5-7-17(8-6-13)11-12-9-15-16(4)10-12/h9-10,13H,5-8,11H2,1-4H3. The Morgan fingerprint density at radius 1 is 1.29 bits per heavy atom. The van der Waals surface area contributed by atoms with Gasteiger partial charge in [0, 0.05) is 25.4 Å². The molecule has 96 valence electrons. The summed E-state index contributed by atoms with van der Waals surface area (Å²) in [4.78, 5) is 2.55. The van der Waals surface area contributed by atoms with E-state index in [2.05, 4.69) is 37.0 Å². The summed E-state index contributed by atoms with van der Waals surface area (Å²) in [5.41, 5.74) is 1.81. The molecule has 2 rings (SSSR count). The van der Waals surface area contributed by atoms with Crippen LogP contribution in [0.4, 0.5) is 0 Å². The van der Waals surface area contributed by atoms with Crippen molar-refractivity contribution >= 4 is 0 Å². The normalized spacial score (nSPS) is 19.8. The first-order valence-corrected chi connectivity index (χ1v) is 6.65. The van der Waals surface area contributed by atoms with Crippen LogP contribution in [0.15, 0.2) is 12.4 Å². The molecular weight excluding hydrogens is 210 g/mol. The highest BCUT2D eigenvalue weighted by molar-refractivity contribution is 5.03. The van der Waals surface area contributed by atoms with Gasteiger partial charge >= 0.3 is 0 Å². The fourth-order valence-corrected chi connectivity index (χ4v) is 2.77. The third-order valence-electron chi connectivity index (χ3n) is 3.98. The van der Waals surface area contributed by atoms with E-state index in [0.29, 0.717) is 5.41 Å². The molecule has 3 heteroatoms. The molecule has 1 aromatic heterocycles. The summed E-state index contributed by atoms with van der Waals surface area (Å²) in [6, 6.07) is 0. The van der Waals surface area contributed by atoms with Gasteiger partial charge in [-0.3, -0.25) is 9.58 Å². The molecule has 0 spiro atoms. The second-order valence-corrected chi connectivity index (χ2v) is 6.44. The van der Waals surface area contributed by atoms with Gasteiger partial charge in [-0.2, -0.15) is 5.10 Å². The molecular formula is C14H25N3. The number of aryl methyl sites for hydroxylation is 1. The van der Waals surface area contributed by atoms with Crippen molar-refractivity contribution in [3.63, 3.8) is 0 Å². The Kier molecular flexibility index (Phi) is 3.57. The number of piperidine rings is 1. The molecule has 3 nitrogen and oxygen atoms in total. The lowest BCUT2D eigenvalue weighted by Crippen LogP contribution is -2.37. The van der Waals surface area contributed by atoms with Gasteiger partial charge in [-0.05, 0) is 37.3 Å². The number of aromatic nitrogens is 2. The van der Waals surface area contributed by atoms with E-state index < -0.39 is 0 Å². The van der Waals surface area contributed by atoms with Crippen molar-refractivity contribution in [3.8, 4) is 0 Å². The summed E-state index contributed by atoms with van der Waals surface area (Å²) < 4.78 is 1.89. The van der Waals surface area contributed by atoms with Crippen LogP contribution in [-0.4, -0.2) is 27.8 Å². The Labute approximate surface area is 105 Å². The first kappa shape index (κ1) is 12.6. The number of likely N-dealkylation sites (tertiary alicyclic amines) is 1. The monoisotopic (exact) mass is 235 g/mol. The lowest BCUT2D eigenvalue weighted by Gasteiger charge is -2.38. The molecule has 0 saturated carbocycles. The number of rotatable bonds is 2. The minimum atomic E-state index is 0.473. The molecule has 0 unspecified atom stereocenters. The van der Waals surface area contributed by atoms with Gasteiger partial charge in [0.1, 0.15) is 0 Å². The molecule has 1 saturated heterocycles. The van der Waals surface area contributed by atoms with Gasteiger partial charge in [0.05, 0.1) is 6.20 Å². The van der Waals surface area contributed by atoms with Crippen molar-refractivity contribution in [2.24, 2.45) is 18.4 Å². The van der Waals surface area contributed by atoms with Gasteiger partial charge in [0.25, 0.3) is 0 Å². The fourth-order valence-electron chi connectivity index (χ4n) is 2.77. The van der Waals surface area contributed by atoms with Crippen molar-refractivity contribution < 1.29 is 0 Å². The maximum atomic E-state index is 4.23. The minimum absolute atomic E-state index is 0.473. The van der Waals surface area contributed by atoms with Crippen LogP contribution < -0.4 is 0 Å². The molecule has 0 radical (unpaired) electrons. The maximum absolute atomic E-state index is 4.23. The Balaban J connectivity index is 1.83. The van der Waals surface area contributed by atoms with E-state index in [9.17, 15) is 0 Å². The summed E-state index contributed by atoms with van der Waals surface area (Å²) in [6.07, 6.45) is 6.78. The molecule has 1 aliphatic rings. The van der Waals surface area contributed by atoms with Crippen molar-refractivity contribution in [1.29, 1.82) is 0 Å². The summed E-state index contributed by atoms with van der Waals surface area (Å²) in [6.45, 7) is 10.6. The summed E-state index contributed by atoms with van der Waals surface area (Å²) >= 11 is 0. The topological polar surface area (TPSA) is 21.1 Å². The second kappa shape index (κ2) is 4.81. The van der Waals surface area contributed by atoms with Gasteiger partial charge in [-0.15, -0.1) is 0 Å². The van der Waals surface area contributed by atoms with Crippen LogP contribution in [0.2, 0.25) is 0 Å². The highest BCUT2D eigenvalue weighted by atomic mass is 15.2. The molecule has 0 N–H and O–H groups in total. The summed E-state index contributed by atoms with van der Waals surface area (Å²) in [7, 11) is 1.98. The van der Waals surface area contributed by atoms with Crippen molar-refractivity contribution in [2.75, 3.05) is 13.1 Å². The van der Waals surface area contributed by atoms with E-state index in [4.69, 9.17) is 0 Å². The smallest absolute Gasteiger partial charge is 0.0534 e. The van der Waals surface area contributed by atoms with Crippen molar-refractivity contribution in [2.45, 2.75) is 40.2 Å². The number of hydrogen-bond acceptors (Lipinski definition) is 2. The molecule has 2 heterocycles. The Bertz CT molecular complexity index is 354. The van der Waals surface area contributed by atoms with E-state index in [-0.39, 0.29) is 0 Å². The summed E-state index contributed by atoms with van der Waals surface area (Å²) in [5, 5.41) is 4.23. The van der Waals surface area contributed by atoms with E-state index in [0.717, 1.165) is 12.5 Å². The second-order valence-electron chi connectivity index (χ2n) is 6.44. The van der Waals surface area contributed by atoms with Crippen LogP contribution >= 0.6 is 0 Å². The first-order valence-electron chi connectivity index (χ1n) is 6.65. The fraction of sp³-hybridized carbons (Fsp3) is 0.786. The quantitative estimate of drug-likeness (QED) is 0.786. The highest BCUT2D eigenvalue weighted by Gasteiger charge is 2.28. The molecule has 17 heavy (non-hydrogen) atoms. The van der Waals surface area contributed by atoms with E-state index in [1.165, 1.54) is 31.5 Å². The Morgan fingerprint density at radius 2 is 1.94 bits per heavy atom. The first-order chi connectivity index (χ1) is 7.95. The highest BCUT2D eigenvalue weighted by Crippen LogP contribution is 2.34. The molecule has 1 aromatic rings. The van der Waals surface area contributed by atoms with Crippen LogP contribution in [-0.2, 0) is 13.6 Å². The number of nitrogens with zero attached hydrogens (tertiary/aromatic N) is 3. The zero-order valence-electron chi connectivity index (χ0n) is 11.6. The molecule has 0 amide bonds. The van der Waals surface area contributed by atoms with Gasteiger partial charge in [0.2, 0.25) is 0 Å². The average Bonchev–Trinajstić information content (AvgIpc) is 2.63. The zero-order chi connectivity index (χ0) is 12.5. The predicted molar refractivity (Wildman–Crippen MR) is 70.7 cm³/mol. The minimum Gasteiger partial charge on any atom is -0.299 e. The maximum Gasteiger partial charge on any atom is 0.0534 e. The average molecular weight is 235 g/mol.